The lowest BCUT2D eigenvalue weighted by Gasteiger charge is -2.29. The minimum Gasteiger partial charge on any atom is -0.484 e. The van der Waals surface area contributed by atoms with Gasteiger partial charge in [0.25, 0.3) is 11.8 Å². The predicted molar refractivity (Wildman–Crippen MR) is 162 cm³/mol. The van der Waals surface area contributed by atoms with Crippen LogP contribution in [-0.2, 0) is 24.0 Å². The number of Topliss-reactive ketones (excluding diaryl/α,β-unsaturated/α-hetero) is 1. The average molecular weight is 612 g/mol. The fraction of sp³-hybridized carbons (Fsp3) is 0.471. The quantitative estimate of drug-likeness (QED) is 0.328. The van der Waals surface area contributed by atoms with Gasteiger partial charge in [-0.25, -0.2) is 0 Å². The zero-order valence-electron chi connectivity index (χ0n) is 25.0. The van der Waals surface area contributed by atoms with E-state index in [1.54, 1.807) is 29.2 Å². The predicted octanol–water partition coefficient (Wildman–Crippen LogP) is 2.09. The molecule has 2 aromatic carbocycles. The number of likely N-dealkylation sites (tertiary alicyclic amines) is 1. The second-order valence-corrected chi connectivity index (χ2v) is 12.5. The van der Waals surface area contributed by atoms with Gasteiger partial charge in [-0.2, -0.15) is 5.26 Å². The fourth-order valence-corrected chi connectivity index (χ4v) is 6.89. The van der Waals surface area contributed by atoms with Crippen LogP contribution >= 0.6 is 0 Å². The second kappa shape index (κ2) is 13.1. The first-order chi connectivity index (χ1) is 21.8. The van der Waals surface area contributed by atoms with E-state index in [1.165, 1.54) is 0 Å². The van der Waals surface area contributed by atoms with Crippen molar-refractivity contribution in [1.82, 2.24) is 20.9 Å². The number of nitrogens with one attached hydrogen (secondary N) is 3. The molecular formula is C34H37N5O6. The van der Waals surface area contributed by atoms with Gasteiger partial charge in [0.2, 0.25) is 17.6 Å². The molecule has 0 spiro atoms. The number of carbonyl (C=O) groups is 5. The van der Waals surface area contributed by atoms with E-state index in [0.717, 1.165) is 43.2 Å². The third-order valence-corrected chi connectivity index (χ3v) is 9.50. The van der Waals surface area contributed by atoms with E-state index in [-0.39, 0.29) is 42.7 Å². The van der Waals surface area contributed by atoms with Crippen molar-refractivity contribution in [2.75, 3.05) is 19.7 Å². The van der Waals surface area contributed by atoms with Crippen molar-refractivity contribution in [2.24, 2.45) is 17.8 Å². The van der Waals surface area contributed by atoms with Crippen LogP contribution in [0.2, 0.25) is 0 Å². The zero-order chi connectivity index (χ0) is 31.5. The van der Waals surface area contributed by atoms with Gasteiger partial charge in [-0.3, -0.25) is 24.0 Å². The van der Waals surface area contributed by atoms with Crippen molar-refractivity contribution in [1.29, 1.82) is 5.26 Å². The lowest BCUT2D eigenvalue weighted by Crippen LogP contribution is -2.55. The molecule has 45 heavy (non-hydrogen) atoms. The molecule has 2 heterocycles. The van der Waals surface area contributed by atoms with Crippen molar-refractivity contribution in [3.05, 3.63) is 54.1 Å². The van der Waals surface area contributed by atoms with Gasteiger partial charge >= 0.3 is 0 Å². The second-order valence-electron chi connectivity index (χ2n) is 12.5. The van der Waals surface area contributed by atoms with Crippen LogP contribution in [-0.4, -0.2) is 72.1 Å². The van der Waals surface area contributed by atoms with Gasteiger partial charge in [0.15, 0.2) is 6.61 Å². The molecule has 2 saturated heterocycles. The van der Waals surface area contributed by atoms with Gasteiger partial charge in [-0.05, 0) is 85.8 Å². The van der Waals surface area contributed by atoms with E-state index >= 15 is 0 Å². The Kier molecular flexibility index (Phi) is 8.83. The Bertz CT molecular complexity index is 1510. The van der Waals surface area contributed by atoms with Crippen LogP contribution < -0.4 is 20.7 Å². The molecule has 6 rings (SSSR count). The van der Waals surface area contributed by atoms with E-state index in [0.29, 0.717) is 30.8 Å². The number of ketones is 1. The van der Waals surface area contributed by atoms with Crippen LogP contribution in [0.15, 0.2) is 48.5 Å². The summed E-state index contributed by atoms with van der Waals surface area (Å²) in [7, 11) is 0. The summed E-state index contributed by atoms with van der Waals surface area (Å²) in [6.07, 6.45) is 4.83. The minimum atomic E-state index is -1.16. The highest BCUT2D eigenvalue weighted by Gasteiger charge is 2.50. The van der Waals surface area contributed by atoms with E-state index in [9.17, 15) is 24.0 Å². The number of hydrogen-bond acceptors (Lipinski definition) is 7. The number of benzene rings is 2. The molecule has 2 aromatic rings. The molecular weight excluding hydrogens is 574 g/mol. The van der Waals surface area contributed by atoms with Crippen molar-refractivity contribution in [3.8, 4) is 22.9 Å². The molecule has 2 saturated carbocycles. The van der Waals surface area contributed by atoms with Crippen LogP contribution in [0.1, 0.15) is 50.5 Å². The molecule has 11 nitrogen and oxygen atoms in total. The summed E-state index contributed by atoms with van der Waals surface area (Å²) < 4.78 is 5.83. The number of rotatable bonds is 11. The van der Waals surface area contributed by atoms with Gasteiger partial charge in [-0.15, -0.1) is 0 Å². The molecule has 0 radical (unpaired) electrons. The standard InChI is InChI=1S/C34H37N5O6/c35-17-20-4-6-21(7-5-20)22-8-12-26(13-9-22)45-19-29(40)39-18-24-2-1-3-27(24)30(39)33(43)38-28(16-23-14-15-36-32(23)42)31(41)34(44)37-25-10-11-25/h4-9,12-13,23-25,27-28,30H,1-3,10-11,14-16,18-19H2,(H,36,42)(H,37,44)(H,38,43)/t23-,24-,27-,28-,30-/m0/s1. The van der Waals surface area contributed by atoms with Gasteiger partial charge in [-0.1, -0.05) is 30.7 Å². The summed E-state index contributed by atoms with van der Waals surface area (Å²) in [5.41, 5.74) is 2.47. The van der Waals surface area contributed by atoms with Crippen LogP contribution in [0.4, 0.5) is 0 Å². The Morgan fingerprint density at radius 1 is 0.978 bits per heavy atom. The third kappa shape index (κ3) is 6.85. The summed E-state index contributed by atoms with van der Waals surface area (Å²) in [6, 6.07) is 14.7. The van der Waals surface area contributed by atoms with Gasteiger partial charge < -0.3 is 25.6 Å². The molecule has 0 aromatic heterocycles. The Balaban J connectivity index is 1.12. The first-order valence-corrected chi connectivity index (χ1v) is 15.8. The topological polar surface area (TPSA) is 158 Å². The first-order valence-electron chi connectivity index (χ1n) is 15.8. The number of carbonyl (C=O) groups excluding carboxylic acids is 5. The third-order valence-electron chi connectivity index (χ3n) is 9.50. The van der Waals surface area contributed by atoms with Crippen molar-refractivity contribution in [2.45, 2.75) is 63.1 Å². The number of hydrogen-bond donors (Lipinski definition) is 3. The molecule has 0 bridgehead atoms. The molecule has 4 fully saturated rings. The lowest BCUT2D eigenvalue weighted by atomic mass is 9.91. The lowest BCUT2D eigenvalue weighted by molar-refractivity contribution is -0.143. The minimum absolute atomic E-state index is 0.0260. The molecule has 4 amide bonds. The van der Waals surface area contributed by atoms with E-state index in [2.05, 4.69) is 22.0 Å². The normalized spacial score (nSPS) is 24.2. The average Bonchev–Trinajstić information content (AvgIpc) is 3.40. The Labute approximate surface area is 261 Å². The molecule has 5 atom stereocenters. The number of fused-ring (bicyclic) bond motifs is 1. The fourth-order valence-electron chi connectivity index (χ4n) is 6.89. The summed E-state index contributed by atoms with van der Waals surface area (Å²) in [4.78, 5) is 67.2. The summed E-state index contributed by atoms with van der Waals surface area (Å²) >= 11 is 0. The van der Waals surface area contributed by atoms with Crippen molar-refractivity contribution < 1.29 is 28.7 Å². The Morgan fingerprint density at radius 3 is 2.33 bits per heavy atom. The molecule has 3 N–H and O–H groups in total. The van der Waals surface area contributed by atoms with Crippen LogP contribution in [0.3, 0.4) is 0 Å². The van der Waals surface area contributed by atoms with Crippen LogP contribution in [0.25, 0.3) is 11.1 Å². The van der Waals surface area contributed by atoms with E-state index < -0.39 is 35.6 Å². The number of amides is 4. The SMILES string of the molecule is N#Cc1ccc(-c2ccc(OCC(=O)N3C[C@@H]4CCC[C@@H]4[C@H]3C(=O)N[C@@H](C[C@@H]3CCNC3=O)C(=O)C(=O)NC3CC3)cc2)cc1. The van der Waals surface area contributed by atoms with Gasteiger partial charge in [0.1, 0.15) is 11.8 Å². The van der Waals surface area contributed by atoms with Crippen LogP contribution in [0, 0.1) is 29.1 Å². The molecule has 234 valence electrons. The summed E-state index contributed by atoms with van der Waals surface area (Å²) in [5, 5.41) is 17.3. The molecule has 2 aliphatic heterocycles. The maximum absolute atomic E-state index is 13.9. The smallest absolute Gasteiger partial charge is 0.289 e. The number of ether oxygens (including phenoxy) is 1. The zero-order valence-corrected chi connectivity index (χ0v) is 25.0. The van der Waals surface area contributed by atoms with Gasteiger partial charge in [0.05, 0.1) is 17.7 Å². The first kappa shape index (κ1) is 30.3. The number of nitrogens with zero attached hydrogens (tertiary/aromatic N) is 2. The number of nitriles is 1. The molecule has 2 aliphatic carbocycles. The van der Waals surface area contributed by atoms with E-state index in [1.807, 2.05) is 24.3 Å². The maximum atomic E-state index is 13.9. The summed E-state index contributed by atoms with van der Waals surface area (Å²) in [5.74, 6) is -2.37. The molecule has 11 heteroatoms. The van der Waals surface area contributed by atoms with Crippen molar-refractivity contribution >= 4 is 29.4 Å². The highest BCUT2D eigenvalue weighted by Crippen LogP contribution is 2.42. The van der Waals surface area contributed by atoms with E-state index in [4.69, 9.17) is 10.00 Å². The van der Waals surface area contributed by atoms with Crippen molar-refractivity contribution in [3.63, 3.8) is 0 Å². The monoisotopic (exact) mass is 611 g/mol. The Morgan fingerprint density at radius 2 is 1.69 bits per heavy atom. The maximum Gasteiger partial charge on any atom is 0.289 e. The largest absolute Gasteiger partial charge is 0.484 e. The summed E-state index contributed by atoms with van der Waals surface area (Å²) in [6.45, 7) is 0.654. The van der Waals surface area contributed by atoms with Crippen LogP contribution in [0.5, 0.6) is 5.75 Å². The molecule has 4 aliphatic rings. The Hall–Kier alpha value is -4.72. The highest BCUT2D eigenvalue weighted by atomic mass is 16.5. The highest BCUT2D eigenvalue weighted by molar-refractivity contribution is 6.38. The van der Waals surface area contributed by atoms with Gasteiger partial charge in [0, 0.05) is 25.0 Å². The molecule has 0 unspecified atom stereocenters.